The molecule has 0 fully saturated rings. The summed E-state index contributed by atoms with van der Waals surface area (Å²) in [5.41, 5.74) is 10.7. The van der Waals surface area contributed by atoms with Crippen LogP contribution >= 0.6 is 0 Å². The van der Waals surface area contributed by atoms with Crippen molar-refractivity contribution < 1.29 is 0 Å². The fourth-order valence-corrected chi connectivity index (χ4v) is 6.40. The number of imidazole rings is 1. The van der Waals surface area contributed by atoms with Crippen molar-refractivity contribution in [3.63, 3.8) is 0 Å². The number of para-hydroxylation sites is 2. The van der Waals surface area contributed by atoms with Gasteiger partial charge in [-0.15, -0.1) is 0 Å². The van der Waals surface area contributed by atoms with E-state index in [-0.39, 0.29) is 0 Å². The van der Waals surface area contributed by atoms with Gasteiger partial charge in [-0.05, 0) is 53.6 Å². The minimum Gasteiger partial charge on any atom is -0.309 e. The van der Waals surface area contributed by atoms with Crippen LogP contribution in [0.1, 0.15) is 0 Å². The van der Waals surface area contributed by atoms with E-state index < -0.39 is 0 Å². The van der Waals surface area contributed by atoms with Crippen LogP contribution in [0.5, 0.6) is 0 Å². The molecule has 196 valence electrons. The smallest absolute Gasteiger partial charge is 0.165 e. The quantitative estimate of drug-likeness (QED) is 0.225. The first-order chi connectivity index (χ1) is 20.8. The van der Waals surface area contributed by atoms with E-state index >= 15 is 0 Å². The van der Waals surface area contributed by atoms with Gasteiger partial charge < -0.3 is 4.57 Å². The summed E-state index contributed by atoms with van der Waals surface area (Å²) in [6.45, 7) is 0. The summed E-state index contributed by atoms with van der Waals surface area (Å²) in [6.07, 6.45) is 2.03. The third-order valence-electron chi connectivity index (χ3n) is 8.33. The largest absolute Gasteiger partial charge is 0.309 e. The van der Waals surface area contributed by atoms with Crippen LogP contribution in [0.25, 0.3) is 77.5 Å². The van der Waals surface area contributed by atoms with Crippen molar-refractivity contribution in [2.45, 2.75) is 0 Å². The maximum atomic E-state index is 5.20. The molecule has 0 aliphatic heterocycles. The van der Waals surface area contributed by atoms with Crippen molar-refractivity contribution in [2.24, 2.45) is 0 Å². The average Bonchev–Trinajstić information content (AvgIpc) is 3.61. The second-order valence-corrected chi connectivity index (χ2v) is 10.7. The Morgan fingerprint density at radius 2 is 1.10 bits per heavy atom. The van der Waals surface area contributed by atoms with Gasteiger partial charge >= 0.3 is 0 Å². The van der Waals surface area contributed by atoms with Crippen molar-refractivity contribution in [1.29, 1.82) is 0 Å². The highest BCUT2D eigenvalue weighted by atomic mass is 15.1. The summed E-state index contributed by atoms with van der Waals surface area (Å²) in [5.74, 6) is 0. The van der Waals surface area contributed by atoms with E-state index in [4.69, 9.17) is 9.97 Å². The number of hydrogen-bond donors (Lipinski definition) is 0. The Hall–Kier alpha value is -5.74. The Morgan fingerprint density at radius 3 is 1.86 bits per heavy atom. The molecule has 0 amide bonds. The maximum absolute atomic E-state index is 5.20. The normalized spacial score (nSPS) is 11.8. The lowest BCUT2D eigenvalue weighted by atomic mass is 9.98. The van der Waals surface area contributed by atoms with E-state index in [0.29, 0.717) is 0 Å². The number of rotatable bonds is 3. The fourth-order valence-electron chi connectivity index (χ4n) is 6.40. The van der Waals surface area contributed by atoms with E-state index in [0.717, 1.165) is 50.1 Å². The number of aromatic nitrogens is 4. The minimum atomic E-state index is 0.875. The first kappa shape index (κ1) is 23.0. The van der Waals surface area contributed by atoms with Crippen molar-refractivity contribution in [3.05, 3.63) is 146 Å². The molecule has 0 spiro atoms. The van der Waals surface area contributed by atoms with E-state index in [1.807, 2.05) is 24.4 Å². The van der Waals surface area contributed by atoms with Crippen molar-refractivity contribution >= 4 is 49.4 Å². The molecule has 0 N–H and O–H groups in total. The van der Waals surface area contributed by atoms with Crippen LogP contribution in [-0.2, 0) is 0 Å². The Kier molecular flexibility index (Phi) is 4.87. The van der Waals surface area contributed by atoms with Gasteiger partial charge in [-0.25, -0.2) is 9.97 Å². The van der Waals surface area contributed by atoms with Crippen molar-refractivity contribution in [2.75, 3.05) is 0 Å². The molecule has 9 aromatic rings. The molecule has 0 atom stereocenters. The second-order valence-electron chi connectivity index (χ2n) is 10.7. The molecular weight excluding hydrogens is 512 g/mol. The Balaban J connectivity index is 1.18. The number of hydrogen-bond acceptors (Lipinski definition) is 2. The molecule has 0 unspecified atom stereocenters. The van der Waals surface area contributed by atoms with E-state index in [9.17, 15) is 0 Å². The van der Waals surface area contributed by atoms with Gasteiger partial charge in [0, 0.05) is 39.0 Å². The molecule has 0 saturated carbocycles. The number of benzene rings is 5. The zero-order valence-electron chi connectivity index (χ0n) is 22.6. The topological polar surface area (TPSA) is 35.1 Å². The maximum Gasteiger partial charge on any atom is 0.165 e. The van der Waals surface area contributed by atoms with Gasteiger partial charge in [0.25, 0.3) is 0 Å². The van der Waals surface area contributed by atoms with Crippen LogP contribution in [0.4, 0.5) is 0 Å². The van der Waals surface area contributed by atoms with Gasteiger partial charge in [0.05, 0.1) is 16.7 Å². The molecule has 4 aromatic heterocycles. The molecule has 9 rings (SSSR count). The lowest BCUT2D eigenvalue weighted by Gasteiger charge is -2.11. The lowest BCUT2D eigenvalue weighted by molar-refractivity contribution is 1.18. The van der Waals surface area contributed by atoms with E-state index in [2.05, 4.69) is 130 Å². The monoisotopic (exact) mass is 536 g/mol. The number of nitrogens with zero attached hydrogens (tertiary/aromatic N) is 4. The van der Waals surface area contributed by atoms with Crippen LogP contribution < -0.4 is 0 Å². The molecule has 0 saturated heterocycles. The minimum absolute atomic E-state index is 0.875. The molecule has 5 aromatic carbocycles. The molecule has 42 heavy (non-hydrogen) atoms. The van der Waals surface area contributed by atoms with Gasteiger partial charge in [-0.3, -0.25) is 4.40 Å². The van der Waals surface area contributed by atoms with Crippen molar-refractivity contribution in [3.8, 4) is 28.1 Å². The standard InChI is InChI=1S/C38H24N4/c1-2-15-32-31(14-1)36(40-38-37(32)39-35-18-7-8-23-41(35)38)27-11-9-10-26(24-27)25-19-21-28(22-20-25)42-33-16-5-3-12-29(33)30-13-4-6-17-34(30)42/h1-24H. The molecule has 0 aliphatic rings. The Morgan fingerprint density at radius 1 is 0.452 bits per heavy atom. The third-order valence-corrected chi connectivity index (χ3v) is 8.33. The molecule has 4 nitrogen and oxygen atoms in total. The Bertz CT molecular complexity index is 2410. The average molecular weight is 537 g/mol. The highest BCUT2D eigenvalue weighted by Crippen LogP contribution is 2.35. The van der Waals surface area contributed by atoms with Crippen LogP contribution in [0, 0.1) is 0 Å². The third kappa shape index (κ3) is 3.36. The second kappa shape index (κ2) is 8.88. The summed E-state index contributed by atoms with van der Waals surface area (Å²) in [7, 11) is 0. The van der Waals surface area contributed by atoms with Crippen LogP contribution in [0.15, 0.2) is 146 Å². The summed E-state index contributed by atoms with van der Waals surface area (Å²) in [5, 5.41) is 4.76. The Labute approximate surface area is 241 Å². The predicted octanol–water partition coefficient (Wildman–Crippen LogP) is 9.47. The number of fused-ring (bicyclic) bond motifs is 8. The lowest BCUT2D eigenvalue weighted by Crippen LogP contribution is -1.94. The van der Waals surface area contributed by atoms with Gasteiger partial charge in [0.1, 0.15) is 11.2 Å². The van der Waals surface area contributed by atoms with E-state index in [1.165, 1.54) is 27.4 Å². The SMILES string of the molecule is c1cc(-c2ccc(-n3c4ccccc4c4ccccc43)cc2)cc(-c2nc3c(nc4ccccn43)c3ccccc23)c1. The molecule has 4 heterocycles. The van der Waals surface area contributed by atoms with Crippen LogP contribution in [0.2, 0.25) is 0 Å². The van der Waals surface area contributed by atoms with Crippen molar-refractivity contribution in [1.82, 2.24) is 18.9 Å². The van der Waals surface area contributed by atoms with Gasteiger partial charge in [0.2, 0.25) is 0 Å². The zero-order chi connectivity index (χ0) is 27.6. The summed E-state index contributed by atoms with van der Waals surface area (Å²) < 4.78 is 4.43. The first-order valence-corrected chi connectivity index (χ1v) is 14.2. The van der Waals surface area contributed by atoms with Crippen LogP contribution in [0.3, 0.4) is 0 Å². The van der Waals surface area contributed by atoms with Gasteiger partial charge in [-0.2, -0.15) is 0 Å². The molecule has 0 aliphatic carbocycles. The zero-order valence-corrected chi connectivity index (χ0v) is 22.6. The fraction of sp³-hybridized carbons (Fsp3) is 0. The molecule has 4 heteroatoms. The molecule has 0 bridgehead atoms. The van der Waals surface area contributed by atoms with Crippen LogP contribution in [-0.4, -0.2) is 18.9 Å². The number of pyridine rings is 2. The highest BCUT2D eigenvalue weighted by Gasteiger charge is 2.16. The van der Waals surface area contributed by atoms with E-state index in [1.54, 1.807) is 0 Å². The summed E-state index contributed by atoms with van der Waals surface area (Å²) >= 11 is 0. The van der Waals surface area contributed by atoms with Gasteiger partial charge in [-0.1, -0.05) is 97.1 Å². The highest BCUT2D eigenvalue weighted by molar-refractivity contribution is 6.10. The van der Waals surface area contributed by atoms with Gasteiger partial charge in [0.15, 0.2) is 5.65 Å². The summed E-state index contributed by atoms with van der Waals surface area (Å²) in [4.78, 5) is 10.1. The predicted molar refractivity (Wildman–Crippen MR) is 173 cm³/mol. The summed E-state index contributed by atoms with van der Waals surface area (Å²) in [6, 6.07) is 49.3. The molecular formula is C38H24N4. The molecule has 0 radical (unpaired) electrons. The first-order valence-electron chi connectivity index (χ1n) is 14.2.